The lowest BCUT2D eigenvalue weighted by Crippen LogP contribution is -2.30. The van der Waals surface area contributed by atoms with Gasteiger partial charge in [-0.2, -0.15) is 0 Å². The number of aliphatic carboxylic acids is 1. The molecule has 4 nitrogen and oxygen atoms in total. The number of nitrogens with one attached hydrogen (secondary N) is 1. The van der Waals surface area contributed by atoms with Crippen LogP contribution in [0.2, 0.25) is 5.02 Å². The topological polar surface area (TPSA) is 66.4 Å². The summed E-state index contributed by atoms with van der Waals surface area (Å²) >= 11 is 5.50. The molecular weight excluding hydrogens is 244 g/mol. The van der Waals surface area contributed by atoms with Gasteiger partial charge in [0.15, 0.2) is 11.6 Å². The van der Waals surface area contributed by atoms with Crippen molar-refractivity contribution in [3.63, 3.8) is 0 Å². The third kappa shape index (κ3) is 2.66. The monoisotopic (exact) mass is 249 g/mol. The third-order valence-corrected chi connectivity index (χ3v) is 1.99. The van der Waals surface area contributed by atoms with Gasteiger partial charge in [-0.15, -0.1) is 0 Å². The predicted octanol–water partition coefficient (Wildman–Crippen LogP) is 1.43. The van der Waals surface area contributed by atoms with Crippen LogP contribution in [0.25, 0.3) is 0 Å². The maximum absolute atomic E-state index is 13.2. The fourth-order valence-corrected chi connectivity index (χ4v) is 1.21. The molecule has 7 heteroatoms. The van der Waals surface area contributed by atoms with Gasteiger partial charge in [0.2, 0.25) is 0 Å². The van der Waals surface area contributed by atoms with Gasteiger partial charge in [0.05, 0.1) is 10.6 Å². The molecule has 1 rings (SSSR count). The van der Waals surface area contributed by atoms with E-state index in [1.54, 1.807) is 0 Å². The molecule has 0 unspecified atom stereocenters. The van der Waals surface area contributed by atoms with Crippen LogP contribution in [0.3, 0.4) is 0 Å². The number of rotatable bonds is 3. The van der Waals surface area contributed by atoms with Crippen LogP contribution in [0.15, 0.2) is 12.1 Å². The zero-order valence-corrected chi connectivity index (χ0v) is 8.52. The molecule has 0 atom stereocenters. The molecule has 0 aliphatic carbocycles. The van der Waals surface area contributed by atoms with E-state index in [9.17, 15) is 18.4 Å². The smallest absolute Gasteiger partial charge is 0.322 e. The average molecular weight is 250 g/mol. The van der Waals surface area contributed by atoms with Crippen LogP contribution in [0.1, 0.15) is 10.4 Å². The summed E-state index contributed by atoms with van der Waals surface area (Å²) in [4.78, 5) is 21.4. The molecule has 0 bridgehead atoms. The van der Waals surface area contributed by atoms with Crippen molar-refractivity contribution in [2.75, 3.05) is 6.54 Å². The van der Waals surface area contributed by atoms with E-state index in [1.807, 2.05) is 5.32 Å². The van der Waals surface area contributed by atoms with E-state index < -0.39 is 35.6 Å². The summed E-state index contributed by atoms with van der Waals surface area (Å²) in [7, 11) is 0. The number of carboxylic acid groups (broad SMARTS) is 1. The highest BCUT2D eigenvalue weighted by molar-refractivity contribution is 6.33. The molecule has 0 fully saturated rings. The maximum Gasteiger partial charge on any atom is 0.322 e. The van der Waals surface area contributed by atoms with Gasteiger partial charge in [-0.05, 0) is 12.1 Å². The van der Waals surface area contributed by atoms with Gasteiger partial charge in [0.25, 0.3) is 5.91 Å². The Morgan fingerprint density at radius 1 is 1.38 bits per heavy atom. The zero-order chi connectivity index (χ0) is 12.3. The number of hydrogen-bond acceptors (Lipinski definition) is 2. The molecule has 1 aromatic rings. The van der Waals surface area contributed by atoms with Crippen LogP contribution >= 0.6 is 11.6 Å². The molecular formula is C9H6ClF2NO3. The molecule has 0 spiro atoms. The Kier molecular flexibility index (Phi) is 3.78. The second-order valence-electron chi connectivity index (χ2n) is 2.79. The molecule has 0 aliphatic heterocycles. The van der Waals surface area contributed by atoms with Gasteiger partial charge in [0, 0.05) is 0 Å². The first-order chi connectivity index (χ1) is 7.43. The number of halogens is 3. The summed E-state index contributed by atoms with van der Waals surface area (Å²) in [5, 5.41) is 9.87. The highest BCUT2D eigenvalue weighted by atomic mass is 35.5. The Hall–Kier alpha value is -1.69. The van der Waals surface area contributed by atoms with Crippen LogP contribution in [0.4, 0.5) is 8.78 Å². The van der Waals surface area contributed by atoms with Gasteiger partial charge in [-0.1, -0.05) is 11.6 Å². The molecule has 2 N–H and O–H groups in total. The minimum atomic E-state index is -1.41. The Morgan fingerprint density at radius 3 is 2.56 bits per heavy atom. The van der Waals surface area contributed by atoms with Crippen molar-refractivity contribution < 1.29 is 23.5 Å². The van der Waals surface area contributed by atoms with E-state index in [0.717, 1.165) is 12.1 Å². The normalized spacial score (nSPS) is 9.94. The molecule has 16 heavy (non-hydrogen) atoms. The first-order valence-corrected chi connectivity index (χ1v) is 4.44. The molecule has 0 heterocycles. The number of carboxylic acids is 1. The first kappa shape index (κ1) is 12.4. The van der Waals surface area contributed by atoms with Crippen molar-refractivity contribution in [1.29, 1.82) is 0 Å². The Morgan fingerprint density at radius 2 is 2.00 bits per heavy atom. The van der Waals surface area contributed by atoms with Crippen molar-refractivity contribution in [1.82, 2.24) is 5.32 Å². The number of amides is 1. The SMILES string of the molecule is O=C(O)CNC(=O)c1c(Cl)ccc(F)c1F. The first-order valence-electron chi connectivity index (χ1n) is 4.07. The maximum atomic E-state index is 13.2. The lowest BCUT2D eigenvalue weighted by atomic mass is 10.2. The van der Waals surface area contributed by atoms with Crippen molar-refractivity contribution in [3.8, 4) is 0 Å². The zero-order valence-electron chi connectivity index (χ0n) is 7.76. The van der Waals surface area contributed by atoms with Gasteiger partial charge in [-0.25, -0.2) is 8.78 Å². The van der Waals surface area contributed by atoms with Gasteiger partial charge >= 0.3 is 5.97 Å². The van der Waals surface area contributed by atoms with Crippen molar-refractivity contribution in [2.45, 2.75) is 0 Å². The Balaban J connectivity index is 2.99. The minimum Gasteiger partial charge on any atom is -0.480 e. The van der Waals surface area contributed by atoms with Gasteiger partial charge in [0.1, 0.15) is 6.54 Å². The molecule has 0 aliphatic rings. The highest BCUT2D eigenvalue weighted by Gasteiger charge is 2.19. The molecule has 0 saturated heterocycles. The van der Waals surface area contributed by atoms with E-state index in [2.05, 4.69) is 0 Å². The standard InChI is InChI=1S/C9H6ClF2NO3/c10-4-1-2-5(11)8(12)7(4)9(16)13-3-6(14)15/h1-2H,3H2,(H,13,16)(H,14,15). The van der Waals surface area contributed by atoms with Crippen molar-refractivity contribution >= 4 is 23.5 Å². The Labute approximate surface area is 93.8 Å². The third-order valence-electron chi connectivity index (χ3n) is 1.67. The summed E-state index contributed by atoms with van der Waals surface area (Å²) in [5.74, 6) is -5.02. The average Bonchev–Trinajstić information content (AvgIpc) is 2.21. The van der Waals surface area contributed by atoms with E-state index in [1.165, 1.54) is 0 Å². The van der Waals surface area contributed by atoms with Crippen LogP contribution in [0, 0.1) is 11.6 Å². The van der Waals surface area contributed by atoms with E-state index in [0.29, 0.717) is 0 Å². The summed E-state index contributed by atoms with van der Waals surface area (Å²) in [6.07, 6.45) is 0. The number of carbonyl (C=O) groups is 2. The minimum absolute atomic E-state index is 0.290. The van der Waals surface area contributed by atoms with Crippen LogP contribution in [0.5, 0.6) is 0 Å². The molecule has 0 radical (unpaired) electrons. The largest absolute Gasteiger partial charge is 0.480 e. The quantitative estimate of drug-likeness (QED) is 0.797. The van der Waals surface area contributed by atoms with E-state index >= 15 is 0 Å². The van der Waals surface area contributed by atoms with Crippen LogP contribution in [-0.2, 0) is 4.79 Å². The van der Waals surface area contributed by atoms with Gasteiger partial charge < -0.3 is 10.4 Å². The number of carbonyl (C=O) groups excluding carboxylic acids is 1. The second kappa shape index (κ2) is 4.89. The van der Waals surface area contributed by atoms with Gasteiger partial charge in [-0.3, -0.25) is 9.59 Å². The van der Waals surface area contributed by atoms with E-state index in [4.69, 9.17) is 16.7 Å². The fourth-order valence-electron chi connectivity index (χ4n) is 0.979. The molecule has 0 saturated carbocycles. The summed E-state index contributed by atoms with van der Waals surface area (Å²) < 4.78 is 26.0. The fraction of sp³-hybridized carbons (Fsp3) is 0.111. The summed E-state index contributed by atoms with van der Waals surface area (Å²) in [6.45, 7) is -0.703. The molecule has 86 valence electrons. The predicted molar refractivity (Wildman–Crippen MR) is 51.3 cm³/mol. The van der Waals surface area contributed by atoms with Crippen LogP contribution < -0.4 is 5.32 Å². The van der Waals surface area contributed by atoms with Crippen molar-refractivity contribution in [3.05, 3.63) is 34.4 Å². The number of benzene rings is 1. The molecule has 0 aromatic heterocycles. The van der Waals surface area contributed by atoms with Crippen LogP contribution in [-0.4, -0.2) is 23.5 Å². The lowest BCUT2D eigenvalue weighted by Gasteiger charge is -2.06. The van der Waals surface area contributed by atoms with Crippen molar-refractivity contribution in [2.24, 2.45) is 0 Å². The molecule has 1 aromatic carbocycles. The highest BCUT2D eigenvalue weighted by Crippen LogP contribution is 2.21. The van der Waals surface area contributed by atoms with E-state index in [-0.39, 0.29) is 5.02 Å². The Bertz CT molecular complexity index is 451. The molecule has 1 amide bonds. The lowest BCUT2D eigenvalue weighted by molar-refractivity contribution is -0.135. The second-order valence-corrected chi connectivity index (χ2v) is 3.20. The number of hydrogen-bond donors (Lipinski definition) is 2. The summed E-state index contributed by atoms with van der Waals surface area (Å²) in [6, 6.07) is 1.78. The summed E-state index contributed by atoms with van der Waals surface area (Å²) in [5.41, 5.74) is -0.706.